The number of fused-ring (bicyclic) bond motifs is 1. The van der Waals surface area contributed by atoms with Gasteiger partial charge in [0.15, 0.2) is 0 Å². The molecule has 0 radical (unpaired) electrons. The third kappa shape index (κ3) is 7.71. The first-order valence-corrected chi connectivity index (χ1v) is 14.2. The number of ketones is 1. The molecule has 14 heteroatoms. The average molecular weight is 608 g/mol. The molecule has 2 heterocycles. The highest BCUT2D eigenvalue weighted by molar-refractivity contribution is 6.38. The Balaban J connectivity index is 1.63. The molecule has 0 bridgehead atoms. The zero-order chi connectivity index (χ0) is 31.7. The molecule has 0 aromatic heterocycles. The number of Topliss-reactive ketones (excluding diaryl/α,β-unsaturated/α-hetero) is 1. The summed E-state index contributed by atoms with van der Waals surface area (Å²) >= 11 is 0. The van der Waals surface area contributed by atoms with Gasteiger partial charge in [0.25, 0.3) is 5.91 Å². The Bertz CT molecular complexity index is 1310. The molecule has 0 unspecified atom stereocenters. The van der Waals surface area contributed by atoms with E-state index in [0.717, 1.165) is 17.7 Å². The Morgan fingerprint density at radius 3 is 2.21 bits per heavy atom. The molecule has 0 spiro atoms. The fraction of sp³-hybridized carbons (Fsp3) is 0.586. The second kappa shape index (κ2) is 12.3. The molecule has 4 N–H and O–H groups in total. The van der Waals surface area contributed by atoms with Crippen molar-refractivity contribution < 1.29 is 41.9 Å². The molecule has 4 atom stereocenters. The second-order valence-electron chi connectivity index (χ2n) is 12.4. The van der Waals surface area contributed by atoms with Crippen LogP contribution in [-0.4, -0.2) is 77.1 Å². The van der Waals surface area contributed by atoms with Gasteiger partial charge in [0.05, 0.1) is 6.04 Å². The van der Waals surface area contributed by atoms with E-state index < -0.39 is 65.0 Å². The van der Waals surface area contributed by atoms with Crippen molar-refractivity contribution in [2.75, 3.05) is 6.54 Å². The standard InChI is InChI=1S/C29H36F3N5O6/c1-28(2,3)22(36-27(43)29(30,31)32)26(42)37-14-17-7-5-4-6-15(17)13-20(37)24(40)35-19(12-16-10-11-33-23(16)39)21(38)25(41)34-18-8-9-18/h4-7,16,18-20,22H,8-14H2,1-3H3,(H,33,39)(H,34,41)(H,35,40)(H,36,43)/t16-,19-,20-,22+/m0/s1. The zero-order valence-electron chi connectivity index (χ0n) is 24.2. The van der Waals surface area contributed by atoms with Gasteiger partial charge in [0.2, 0.25) is 23.5 Å². The number of nitrogens with one attached hydrogen (secondary N) is 4. The molecule has 1 aromatic rings. The summed E-state index contributed by atoms with van der Waals surface area (Å²) < 4.78 is 39.5. The number of alkyl halides is 3. The van der Waals surface area contributed by atoms with Gasteiger partial charge in [0, 0.05) is 31.5 Å². The predicted molar refractivity (Wildman–Crippen MR) is 146 cm³/mol. The normalized spacial score (nSPS) is 21.6. The van der Waals surface area contributed by atoms with Gasteiger partial charge in [-0.15, -0.1) is 0 Å². The van der Waals surface area contributed by atoms with Gasteiger partial charge in [-0.25, -0.2) is 0 Å². The van der Waals surface area contributed by atoms with Gasteiger partial charge in [-0.05, 0) is 42.2 Å². The number of carbonyl (C=O) groups excluding carboxylic acids is 6. The molecule has 1 saturated heterocycles. The van der Waals surface area contributed by atoms with Crippen molar-refractivity contribution >= 4 is 35.3 Å². The van der Waals surface area contributed by atoms with Crippen molar-refractivity contribution in [3.05, 3.63) is 35.4 Å². The topological polar surface area (TPSA) is 154 Å². The third-order valence-corrected chi connectivity index (χ3v) is 7.93. The van der Waals surface area contributed by atoms with Crippen LogP contribution in [0.15, 0.2) is 24.3 Å². The summed E-state index contributed by atoms with van der Waals surface area (Å²) in [6, 6.07) is 2.48. The maximum Gasteiger partial charge on any atom is 0.471 e. The first-order chi connectivity index (χ1) is 20.1. The lowest BCUT2D eigenvalue weighted by molar-refractivity contribution is -0.176. The van der Waals surface area contributed by atoms with E-state index in [1.165, 1.54) is 20.8 Å². The fourth-order valence-corrected chi connectivity index (χ4v) is 5.31. The summed E-state index contributed by atoms with van der Waals surface area (Å²) in [7, 11) is 0. The van der Waals surface area contributed by atoms with E-state index in [-0.39, 0.29) is 31.3 Å². The van der Waals surface area contributed by atoms with Crippen LogP contribution in [-0.2, 0) is 41.7 Å². The number of rotatable bonds is 9. The molecule has 1 aromatic carbocycles. The molecule has 1 saturated carbocycles. The Kier molecular flexibility index (Phi) is 9.16. The van der Waals surface area contributed by atoms with Gasteiger partial charge in [0.1, 0.15) is 12.1 Å². The van der Waals surface area contributed by atoms with Crippen LogP contribution in [0.5, 0.6) is 0 Å². The predicted octanol–water partition coefficient (Wildman–Crippen LogP) is 0.892. The van der Waals surface area contributed by atoms with Gasteiger partial charge in [-0.2, -0.15) is 13.2 Å². The van der Waals surface area contributed by atoms with Crippen LogP contribution in [0, 0.1) is 11.3 Å². The highest BCUT2D eigenvalue weighted by Crippen LogP contribution is 2.29. The maximum atomic E-state index is 13.9. The lowest BCUT2D eigenvalue weighted by atomic mass is 9.84. The van der Waals surface area contributed by atoms with Crippen molar-refractivity contribution in [3.8, 4) is 0 Å². The van der Waals surface area contributed by atoms with Crippen molar-refractivity contribution in [3.63, 3.8) is 0 Å². The lowest BCUT2D eigenvalue weighted by Gasteiger charge is -2.41. The number of amides is 5. The molecule has 234 valence electrons. The number of hydrogen-bond acceptors (Lipinski definition) is 6. The van der Waals surface area contributed by atoms with E-state index in [4.69, 9.17) is 0 Å². The minimum Gasteiger partial charge on any atom is -0.356 e. The van der Waals surface area contributed by atoms with Gasteiger partial charge >= 0.3 is 12.1 Å². The molecule has 4 rings (SSSR count). The van der Waals surface area contributed by atoms with E-state index in [9.17, 15) is 41.9 Å². The summed E-state index contributed by atoms with van der Waals surface area (Å²) in [5, 5.41) is 9.61. The number of hydrogen-bond donors (Lipinski definition) is 4. The highest BCUT2D eigenvalue weighted by atomic mass is 19.4. The summed E-state index contributed by atoms with van der Waals surface area (Å²) in [6.07, 6.45) is -3.57. The molecule has 3 aliphatic rings. The van der Waals surface area contributed by atoms with Crippen molar-refractivity contribution in [2.45, 2.75) is 89.8 Å². The van der Waals surface area contributed by atoms with Crippen LogP contribution in [0.3, 0.4) is 0 Å². The molecule has 43 heavy (non-hydrogen) atoms. The SMILES string of the molecule is CC(C)(C)[C@H](NC(=O)C(F)(F)F)C(=O)N1Cc2ccccc2C[C@H]1C(=O)N[C@@H](C[C@@H]1CCNC1=O)C(=O)C(=O)NC1CC1. The summed E-state index contributed by atoms with van der Waals surface area (Å²) in [6.45, 7) is 4.69. The van der Waals surface area contributed by atoms with Crippen molar-refractivity contribution in [1.82, 2.24) is 26.2 Å². The van der Waals surface area contributed by atoms with Crippen molar-refractivity contribution in [2.24, 2.45) is 11.3 Å². The monoisotopic (exact) mass is 607 g/mol. The smallest absolute Gasteiger partial charge is 0.356 e. The minimum atomic E-state index is -5.24. The Labute approximate surface area is 246 Å². The lowest BCUT2D eigenvalue weighted by Crippen LogP contribution is -2.62. The average Bonchev–Trinajstić information content (AvgIpc) is 3.66. The fourth-order valence-electron chi connectivity index (χ4n) is 5.31. The molecular formula is C29H36F3N5O6. The van der Waals surface area contributed by atoms with Gasteiger partial charge in [-0.3, -0.25) is 28.8 Å². The van der Waals surface area contributed by atoms with E-state index in [1.807, 2.05) is 0 Å². The first kappa shape index (κ1) is 32.0. The van der Waals surface area contributed by atoms with E-state index in [2.05, 4.69) is 16.0 Å². The summed E-state index contributed by atoms with van der Waals surface area (Å²) in [5.74, 6) is -6.78. The summed E-state index contributed by atoms with van der Waals surface area (Å²) in [5.41, 5.74) is 0.197. The van der Waals surface area contributed by atoms with E-state index >= 15 is 0 Å². The Hall–Kier alpha value is -3.97. The van der Waals surface area contributed by atoms with Crippen LogP contribution in [0.4, 0.5) is 13.2 Å². The first-order valence-electron chi connectivity index (χ1n) is 14.2. The largest absolute Gasteiger partial charge is 0.471 e. The molecular weight excluding hydrogens is 571 g/mol. The molecule has 2 fully saturated rings. The maximum absolute atomic E-state index is 13.9. The van der Waals surface area contributed by atoms with Crippen LogP contribution in [0.2, 0.25) is 0 Å². The zero-order valence-corrected chi connectivity index (χ0v) is 24.2. The third-order valence-electron chi connectivity index (χ3n) is 7.93. The van der Waals surface area contributed by atoms with Crippen LogP contribution in [0.1, 0.15) is 57.6 Å². The van der Waals surface area contributed by atoms with E-state index in [0.29, 0.717) is 24.1 Å². The molecule has 5 amide bonds. The summed E-state index contributed by atoms with van der Waals surface area (Å²) in [4.78, 5) is 78.9. The number of nitrogens with zero attached hydrogens (tertiary/aromatic N) is 1. The van der Waals surface area contributed by atoms with Crippen LogP contribution >= 0.6 is 0 Å². The minimum absolute atomic E-state index is 0.0308. The van der Waals surface area contributed by atoms with Crippen LogP contribution < -0.4 is 21.3 Å². The Morgan fingerprint density at radius 1 is 1.00 bits per heavy atom. The second-order valence-corrected chi connectivity index (χ2v) is 12.4. The molecule has 11 nitrogen and oxygen atoms in total. The van der Waals surface area contributed by atoms with Gasteiger partial charge in [-0.1, -0.05) is 45.0 Å². The molecule has 2 aliphatic heterocycles. The van der Waals surface area contributed by atoms with Crippen LogP contribution in [0.25, 0.3) is 0 Å². The number of benzene rings is 1. The quantitative estimate of drug-likeness (QED) is 0.306. The highest BCUT2D eigenvalue weighted by Gasteiger charge is 2.47. The molecule has 1 aliphatic carbocycles. The number of carbonyl (C=O) groups is 6. The van der Waals surface area contributed by atoms with Crippen molar-refractivity contribution in [1.29, 1.82) is 0 Å². The van der Waals surface area contributed by atoms with Gasteiger partial charge < -0.3 is 26.2 Å². The van der Waals surface area contributed by atoms with E-state index in [1.54, 1.807) is 29.6 Å². The Morgan fingerprint density at radius 2 is 1.65 bits per heavy atom. The number of halogens is 3.